The van der Waals surface area contributed by atoms with Gasteiger partial charge in [0, 0.05) is 33.1 Å². The van der Waals surface area contributed by atoms with Gasteiger partial charge in [-0.15, -0.1) is 0 Å². The van der Waals surface area contributed by atoms with Crippen LogP contribution in [0.1, 0.15) is 37.1 Å². The Balaban J connectivity index is 1.44. The van der Waals surface area contributed by atoms with Crippen molar-refractivity contribution in [2.24, 2.45) is 20.0 Å². The molecule has 1 saturated carbocycles. The van der Waals surface area contributed by atoms with Crippen LogP contribution < -0.4 is 11.0 Å². The van der Waals surface area contributed by atoms with Crippen LogP contribution in [-0.2, 0) is 27.1 Å². The fraction of sp³-hybridized carbons (Fsp3) is 0.556. The molecular formula is C18H24N6O2. The fourth-order valence-corrected chi connectivity index (χ4v) is 3.93. The highest BCUT2D eigenvalue weighted by Crippen LogP contribution is 2.27. The van der Waals surface area contributed by atoms with E-state index in [2.05, 4.69) is 26.8 Å². The van der Waals surface area contributed by atoms with Gasteiger partial charge < -0.3 is 5.32 Å². The second-order valence-electron chi connectivity index (χ2n) is 7.20. The van der Waals surface area contributed by atoms with Crippen molar-refractivity contribution in [1.82, 2.24) is 30.0 Å². The molecule has 0 aliphatic heterocycles. The predicted octanol–water partition coefficient (Wildman–Crippen LogP) is 1.55. The number of fused-ring (bicyclic) bond motifs is 1. The van der Waals surface area contributed by atoms with Gasteiger partial charge in [-0.05, 0) is 46.8 Å². The van der Waals surface area contributed by atoms with Crippen molar-refractivity contribution in [3.05, 3.63) is 40.1 Å². The zero-order valence-electron chi connectivity index (χ0n) is 15.2. The molecule has 0 amide bonds. The molecule has 1 aliphatic carbocycles. The molecular weight excluding hydrogens is 332 g/mol. The third-order valence-corrected chi connectivity index (χ3v) is 5.46. The lowest BCUT2D eigenvalue weighted by molar-refractivity contribution is 0.254. The van der Waals surface area contributed by atoms with Crippen molar-refractivity contribution in [2.45, 2.75) is 44.7 Å². The lowest BCUT2D eigenvalue weighted by Crippen LogP contribution is -2.39. The molecule has 0 bridgehead atoms. The van der Waals surface area contributed by atoms with E-state index in [9.17, 15) is 4.79 Å². The molecule has 1 aromatic carbocycles. The van der Waals surface area contributed by atoms with Crippen molar-refractivity contribution >= 4 is 11.0 Å². The standard InChI is InChI=1S/C18H24N6O2/c1-23-17(20-24(2)18(23)25)10-13-5-3-4-6-14(13)19-11-12-7-8-15-16(9-12)22-26-21-15/h7-9,13-14,19H,3-6,10-11H2,1-2H3/t13-,14-/m1/s1. The van der Waals surface area contributed by atoms with Crippen LogP contribution in [-0.4, -0.2) is 30.7 Å². The number of aryl methyl sites for hydroxylation is 1. The van der Waals surface area contributed by atoms with Crippen molar-refractivity contribution in [2.75, 3.05) is 0 Å². The summed E-state index contributed by atoms with van der Waals surface area (Å²) < 4.78 is 7.85. The van der Waals surface area contributed by atoms with E-state index < -0.39 is 0 Å². The Labute approximate surface area is 151 Å². The third kappa shape index (κ3) is 3.29. The molecule has 2 aromatic heterocycles. The smallest absolute Gasteiger partial charge is 0.310 e. The van der Waals surface area contributed by atoms with Gasteiger partial charge in [0.05, 0.1) is 0 Å². The van der Waals surface area contributed by atoms with E-state index >= 15 is 0 Å². The van der Waals surface area contributed by atoms with E-state index in [4.69, 9.17) is 4.63 Å². The molecule has 1 aliphatic rings. The SMILES string of the molecule is Cn1nc(C[C@H]2CCCC[C@H]2NCc2ccc3nonc3c2)n(C)c1=O. The van der Waals surface area contributed by atoms with E-state index in [1.54, 1.807) is 18.7 Å². The molecule has 2 heterocycles. The van der Waals surface area contributed by atoms with Crippen molar-refractivity contribution in [3.8, 4) is 0 Å². The summed E-state index contributed by atoms with van der Waals surface area (Å²) in [5.74, 6) is 1.35. The van der Waals surface area contributed by atoms with Crippen molar-refractivity contribution < 1.29 is 4.63 Å². The van der Waals surface area contributed by atoms with E-state index in [-0.39, 0.29) is 5.69 Å². The molecule has 0 saturated heterocycles. The molecule has 0 radical (unpaired) electrons. The average molecular weight is 356 g/mol. The van der Waals surface area contributed by atoms with Gasteiger partial charge in [0.1, 0.15) is 16.9 Å². The Morgan fingerprint density at radius 2 is 2.00 bits per heavy atom. The summed E-state index contributed by atoms with van der Waals surface area (Å²) in [4.78, 5) is 11.9. The summed E-state index contributed by atoms with van der Waals surface area (Å²) in [6, 6.07) is 6.43. The number of nitrogens with one attached hydrogen (secondary N) is 1. The normalized spacial score (nSPS) is 20.7. The van der Waals surface area contributed by atoms with Crippen LogP contribution in [0.15, 0.2) is 27.6 Å². The van der Waals surface area contributed by atoms with E-state index in [0.29, 0.717) is 12.0 Å². The number of hydrogen-bond acceptors (Lipinski definition) is 6. The third-order valence-electron chi connectivity index (χ3n) is 5.46. The summed E-state index contributed by atoms with van der Waals surface area (Å²) >= 11 is 0. The van der Waals surface area contributed by atoms with Gasteiger partial charge in [-0.1, -0.05) is 18.9 Å². The van der Waals surface area contributed by atoms with Crippen LogP contribution in [0.2, 0.25) is 0 Å². The molecule has 1 fully saturated rings. The maximum absolute atomic E-state index is 11.9. The van der Waals surface area contributed by atoms with Gasteiger partial charge in [0.15, 0.2) is 0 Å². The van der Waals surface area contributed by atoms with E-state index in [0.717, 1.165) is 42.7 Å². The Bertz CT molecular complexity index is 956. The molecule has 8 nitrogen and oxygen atoms in total. The Hall–Kier alpha value is -2.48. The quantitative estimate of drug-likeness (QED) is 0.746. The lowest BCUT2D eigenvalue weighted by Gasteiger charge is -2.32. The maximum Gasteiger partial charge on any atom is 0.345 e. The first-order valence-corrected chi connectivity index (χ1v) is 9.15. The van der Waals surface area contributed by atoms with Gasteiger partial charge in [-0.2, -0.15) is 5.10 Å². The van der Waals surface area contributed by atoms with Gasteiger partial charge in [-0.25, -0.2) is 14.1 Å². The van der Waals surface area contributed by atoms with Crippen molar-refractivity contribution in [3.63, 3.8) is 0 Å². The summed E-state index contributed by atoms with van der Waals surface area (Å²) in [5, 5.41) is 15.9. The summed E-state index contributed by atoms with van der Waals surface area (Å²) in [7, 11) is 3.51. The molecule has 26 heavy (non-hydrogen) atoms. The minimum absolute atomic E-state index is 0.0603. The first-order valence-electron chi connectivity index (χ1n) is 9.15. The fourth-order valence-electron chi connectivity index (χ4n) is 3.93. The Morgan fingerprint density at radius 3 is 2.81 bits per heavy atom. The molecule has 2 atom stereocenters. The minimum Gasteiger partial charge on any atom is -0.310 e. The lowest BCUT2D eigenvalue weighted by atomic mass is 9.82. The summed E-state index contributed by atoms with van der Waals surface area (Å²) in [6.07, 6.45) is 5.62. The highest BCUT2D eigenvalue weighted by atomic mass is 16.6. The largest absolute Gasteiger partial charge is 0.345 e. The Morgan fingerprint density at radius 1 is 1.19 bits per heavy atom. The monoisotopic (exact) mass is 356 g/mol. The molecule has 3 aromatic rings. The molecule has 4 rings (SSSR count). The second kappa shape index (κ2) is 7.03. The zero-order valence-corrected chi connectivity index (χ0v) is 15.2. The molecule has 8 heteroatoms. The highest BCUT2D eigenvalue weighted by molar-refractivity contribution is 5.73. The van der Waals surface area contributed by atoms with Crippen LogP contribution in [0.3, 0.4) is 0 Å². The summed E-state index contributed by atoms with van der Waals surface area (Å²) in [6.45, 7) is 0.783. The first-order chi connectivity index (χ1) is 12.6. The first kappa shape index (κ1) is 17.0. The van der Waals surface area contributed by atoms with Crippen LogP contribution in [0, 0.1) is 5.92 Å². The van der Waals surface area contributed by atoms with Gasteiger partial charge in [0.2, 0.25) is 0 Å². The topological polar surface area (TPSA) is 90.8 Å². The highest BCUT2D eigenvalue weighted by Gasteiger charge is 2.26. The summed E-state index contributed by atoms with van der Waals surface area (Å²) in [5.41, 5.74) is 2.67. The average Bonchev–Trinajstić information content (AvgIpc) is 3.21. The molecule has 0 spiro atoms. The zero-order chi connectivity index (χ0) is 18.1. The van der Waals surface area contributed by atoms with Gasteiger partial charge in [0.25, 0.3) is 0 Å². The number of hydrogen-bond donors (Lipinski definition) is 1. The number of nitrogens with zero attached hydrogens (tertiary/aromatic N) is 5. The van der Waals surface area contributed by atoms with Crippen LogP contribution in [0.25, 0.3) is 11.0 Å². The van der Waals surface area contributed by atoms with E-state index in [1.165, 1.54) is 23.1 Å². The van der Waals surface area contributed by atoms with Crippen LogP contribution in [0.5, 0.6) is 0 Å². The van der Waals surface area contributed by atoms with Crippen LogP contribution >= 0.6 is 0 Å². The number of aromatic nitrogens is 5. The molecule has 1 N–H and O–H groups in total. The Kier molecular flexibility index (Phi) is 4.58. The van der Waals surface area contributed by atoms with Crippen molar-refractivity contribution in [1.29, 1.82) is 0 Å². The predicted molar refractivity (Wildman–Crippen MR) is 96.5 cm³/mol. The second-order valence-corrected chi connectivity index (χ2v) is 7.20. The minimum atomic E-state index is -0.0603. The molecule has 0 unspecified atom stereocenters. The molecule has 138 valence electrons. The maximum atomic E-state index is 11.9. The number of rotatable bonds is 5. The van der Waals surface area contributed by atoms with Gasteiger partial charge in [-0.3, -0.25) is 4.57 Å². The van der Waals surface area contributed by atoms with Crippen LogP contribution in [0.4, 0.5) is 0 Å². The van der Waals surface area contributed by atoms with E-state index in [1.807, 2.05) is 12.1 Å². The number of benzene rings is 1. The van der Waals surface area contributed by atoms with Gasteiger partial charge >= 0.3 is 5.69 Å².